The number of likely N-dealkylation sites (N-methyl/N-ethyl adjacent to an activating group) is 1. The van der Waals surface area contributed by atoms with E-state index in [4.69, 9.17) is 0 Å². The minimum absolute atomic E-state index is 0.238. The highest BCUT2D eigenvalue weighted by Gasteiger charge is 2.15. The molecule has 1 amide bonds. The van der Waals surface area contributed by atoms with E-state index < -0.39 is 0 Å². The molecule has 0 aromatic heterocycles. The molecule has 1 aliphatic rings. The van der Waals surface area contributed by atoms with E-state index in [1.54, 1.807) is 4.90 Å². The number of carbonyl (C=O) groups is 1. The summed E-state index contributed by atoms with van der Waals surface area (Å²) in [7, 11) is 3.65. The molecule has 1 saturated heterocycles. The number of carbonyl (C=O) groups excluding carboxylic acids is 1. The highest BCUT2D eigenvalue weighted by atomic mass is 16.2. The van der Waals surface area contributed by atoms with Crippen molar-refractivity contribution in [3.8, 4) is 0 Å². The van der Waals surface area contributed by atoms with Crippen LogP contribution < -0.4 is 5.32 Å². The maximum atomic E-state index is 11.5. The maximum absolute atomic E-state index is 11.5. The summed E-state index contributed by atoms with van der Waals surface area (Å²) >= 11 is 0. The van der Waals surface area contributed by atoms with Crippen molar-refractivity contribution in [3.63, 3.8) is 0 Å². The minimum atomic E-state index is 0.238. The molecule has 106 valence electrons. The standard InChI is InChI=1S/C14H29N3O/c1-4-17(11-7-9-14(18)16(2)3)12-13-8-5-6-10-15-13/h13,15H,4-12H2,1-3H3. The van der Waals surface area contributed by atoms with Crippen LogP contribution in [0.4, 0.5) is 0 Å². The third-order valence-corrected chi connectivity index (χ3v) is 3.70. The predicted octanol–water partition coefficient (Wildman–Crippen LogP) is 1.32. The summed E-state index contributed by atoms with van der Waals surface area (Å²) in [5.74, 6) is 0.238. The van der Waals surface area contributed by atoms with Gasteiger partial charge >= 0.3 is 0 Å². The number of hydrogen-bond acceptors (Lipinski definition) is 3. The Morgan fingerprint density at radius 1 is 1.33 bits per heavy atom. The summed E-state index contributed by atoms with van der Waals surface area (Å²) in [6.45, 7) is 6.62. The zero-order chi connectivity index (χ0) is 13.4. The third kappa shape index (κ3) is 5.83. The van der Waals surface area contributed by atoms with Crippen molar-refractivity contribution in [2.45, 2.75) is 45.1 Å². The number of hydrogen-bond donors (Lipinski definition) is 1. The molecule has 1 atom stereocenters. The molecule has 0 aliphatic carbocycles. The van der Waals surface area contributed by atoms with E-state index >= 15 is 0 Å². The second-order valence-electron chi connectivity index (χ2n) is 5.43. The second kappa shape index (κ2) is 8.48. The van der Waals surface area contributed by atoms with Gasteiger partial charge in [0.2, 0.25) is 5.91 Å². The van der Waals surface area contributed by atoms with E-state index in [-0.39, 0.29) is 5.91 Å². The lowest BCUT2D eigenvalue weighted by molar-refractivity contribution is -0.128. The van der Waals surface area contributed by atoms with E-state index in [9.17, 15) is 4.79 Å². The fraction of sp³-hybridized carbons (Fsp3) is 0.929. The Kier molecular flexibility index (Phi) is 7.28. The maximum Gasteiger partial charge on any atom is 0.222 e. The molecule has 0 saturated carbocycles. The molecule has 0 spiro atoms. The van der Waals surface area contributed by atoms with E-state index in [1.807, 2.05) is 14.1 Å². The Hall–Kier alpha value is -0.610. The van der Waals surface area contributed by atoms with Crippen LogP contribution in [0.3, 0.4) is 0 Å². The first-order chi connectivity index (χ1) is 8.63. The number of rotatable bonds is 7. The molecule has 4 heteroatoms. The average Bonchev–Trinajstić information content (AvgIpc) is 2.38. The SMILES string of the molecule is CCN(CCCC(=O)N(C)C)CC1CCCCN1. The molecule has 0 aromatic carbocycles. The molecule has 1 heterocycles. The molecule has 1 fully saturated rings. The van der Waals surface area contributed by atoms with Crippen molar-refractivity contribution in [2.75, 3.05) is 40.3 Å². The first-order valence-corrected chi connectivity index (χ1v) is 7.29. The van der Waals surface area contributed by atoms with Gasteiger partial charge in [0.1, 0.15) is 0 Å². The van der Waals surface area contributed by atoms with Gasteiger partial charge in [0.05, 0.1) is 0 Å². The molecule has 0 bridgehead atoms. The molecule has 4 nitrogen and oxygen atoms in total. The van der Waals surface area contributed by atoms with Crippen LogP contribution in [0, 0.1) is 0 Å². The molecular weight excluding hydrogens is 226 g/mol. The van der Waals surface area contributed by atoms with Crippen molar-refractivity contribution < 1.29 is 4.79 Å². The van der Waals surface area contributed by atoms with Gasteiger partial charge in [0.15, 0.2) is 0 Å². The Morgan fingerprint density at radius 3 is 2.67 bits per heavy atom. The Morgan fingerprint density at radius 2 is 2.11 bits per heavy atom. The molecule has 1 unspecified atom stereocenters. The monoisotopic (exact) mass is 255 g/mol. The first kappa shape index (κ1) is 15.4. The van der Waals surface area contributed by atoms with Gasteiger partial charge in [0.25, 0.3) is 0 Å². The largest absolute Gasteiger partial charge is 0.349 e. The van der Waals surface area contributed by atoms with Crippen LogP contribution in [-0.2, 0) is 4.79 Å². The molecule has 1 N–H and O–H groups in total. The van der Waals surface area contributed by atoms with Gasteiger partial charge < -0.3 is 15.1 Å². The van der Waals surface area contributed by atoms with Crippen LogP contribution in [0.5, 0.6) is 0 Å². The fourth-order valence-electron chi connectivity index (χ4n) is 2.45. The summed E-state index contributed by atoms with van der Waals surface area (Å²) in [4.78, 5) is 15.6. The number of piperidine rings is 1. The summed E-state index contributed by atoms with van der Waals surface area (Å²) in [5, 5.41) is 3.58. The van der Waals surface area contributed by atoms with Crippen LogP contribution in [0.25, 0.3) is 0 Å². The number of nitrogens with one attached hydrogen (secondary N) is 1. The van der Waals surface area contributed by atoms with Crippen LogP contribution >= 0.6 is 0 Å². The van der Waals surface area contributed by atoms with E-state index in [2.05, 4.69) is 17.1 Å². The van der Waals surface area contributed by atoms with Crippen LogP contribution in [0.1, 0.15) is 39.0 Å². The van der Waals surface area contributed by atoms with Crippen LogP contribution in [-0.4, -0.2) is 62.0 Å². The quantitative estimate of drug-likeness (QED) is 0.745. The molecule has 0 radical (unpaired) electrons. The van der Waals surface area contributed by atoms with Gasteiger partial charge in [-0.2, -0.15) is 0 Å². The fourth-order valence-corrected chi connectivity index (χ4v) is 2.45. The summed E-state index contributed by atoms with van der Waals surface area (Å²) in [5.41, 5.74) is 0. The zero-order valence-corrected chi connectivity index (χ0v) is 12.2. The average molecular weight is 255 g/mol. The molecular formula is C14H29N3O. The molecule has 0 aromatic rings. The van der Waals surface area contributed by atoms with Gasteiger partial charge in [-0.1, -0.05) is 13.3 Å². The van der Waals surface area contributed by atoms with Gasteiger partial charge in [-0.25, -0.2) is 0 Å². The Bertz CT molecular complexity index is 237. The topological polar surface area (TPSA) is 35.6 Å². The van der Waals surface area contributed by atoms with Gasteiger partial charge in [-0.15, -0.1) is 0 Å². The third-order valence-electron chi connectivity index (χ3n) is 3.70. The highest BCUT2D eigenvalue weighted by Crippen LogP contribution is 2.09. The summed E-state index contributed by atoms with van der Waals surface area (Å²) in [6.07, 6.45) is 5.61. The van der Waals surface area contributed by atoms with Gasteiger partial charge in [0, 0.05) is 33.1 Å². The van der Waals surface area contributed by atoms with E-state index in [1.165, 1.54) is 25.8 Å². The van der Waals surface area contributed by atoms with Gasteiger partial charge in [-0.3, -0.25) is 4.79 Å². The van der Waals surface area contributed by atoms with Crippen molar-refractivity contribution in [1.29, 1.82) is 0 Å². The van der Waals surface area contributed by atoms with Gasteiger partial charge in [-0.05, 0) is 38.9 Å². The van der Waals surface area contributed by atoms with Crippen molar-refractivity contribution in [1.82, 2.24) is 15.1 Å². The van der Waals surface area contributed by atoms with Crippen LogP contribution in [0.2, 0.25) is 0 Å². The minimum Gasteiger partial charge on any atom is -0.349 e. The molecule has 18 heavy (non-hydrogen) atoms. The lowest BCUT2D eigenvalue weighted by Crippen LogP contribution is -2.44. The summed E-state index contributed by atoms with van der Waals surface area (Å²) in [6, 6.07) is 0.656. The van der Waals surface area contributed by atoms with Crippen LogP contribution in [0.15, 0.2) is 0 Å². The van der Waals surface area contributed by atoms with E-state index in [0.717, 1.165) is 26.1 Å². The van der Waals surface area contributed by atoms with Crippen molar-refractivity contribution >= 4 is 5.91 Å². The predicted molar refractivity (Wildman–Crippen MR) is 75.7 cm³/mol. The molecule has 1 aliphatic heterocycles. The number of amides is 1. The lowest BCUT2D eigenvalue weighted by Gasteiger charge is -2.29. The lowest BCUT2D eigenvalue weighted by atomic mass is 10.0. The smallest absolute Gasteiger partial charge is 0.222 e. The summed E-state index contributed by atoms with van der Waals surface area (Å²) < 4.78 is 0. The Balaban J connectivity index is 2.18. The highest BCUT2D eigenvalue weighted by molar-refractivity contribution is 5.75. The van der Waals surface area contributed by atoms with Crippen molar-refractivity contribution in [3.05, 3.63) is 0 Å². The first-order valence-electron chi connectivity index (χ1n) is 7.29. The normalized spacial score (nSPS) is 20.1. The second-order valence-corrected chi connectivity index (χ2v) is 5.43. The molecule has 1 rings (SSSR count). The van der Waals surface area contributed by atoms with Crippen molar-refractivity contribution in [2.24, 2.45) is 0 Å². The zero-order valence-electron chi connectivity index (χ0n) is 12.2. The Labute approximate surface area is 112 Å². The number of nitrogens with zero attached hydrogens (tertiary/aromatic N) is 2. The van der Waals surface area contributed by atoms with E-state index in [0.29, 0.717) is 12.5 Å².